The second-order valence-corrected chi connectivity index (χ2v) is 6.20. The zero-order chi connectivity index (χ0) is 13.8. The number of hydrogen-bond donors (Lipinski definition) is 0. The molecular weight excluding hydrogens is 304 g/mol. The molecule has 1 heterocycles. The topological polar surface area (TPSA) is 21.8 Å². The maximum absolute atomic E-state index is 5.86. The summed E-state index contributed by atoms with van der Waals surface area (Å²) < 4.78 is 12.6. The average Bonchev–Trinajstić information content (AvgIpc) is 3.15. The van der Waals surface area contributed by atoms with Gasteiger partial charge in [-0.05, 0) is 48.9 Å². The fraction of sp³-hybridized carbons (Fsp3) is 0.625. The standard InChI is InChI=1S/C16H23BrO2/c1-4-8-18-15-7-6-12(17)10-13(15)11(3)9-16-14(5-2)19-16/h6-7,10-11,14,16H,4-5,8-9H2,1-3H3. The van der Waals surface area contributed by atoms with Crippen molar-refractivity contribution in [3.63, 3.8) is 0 Å². The maximum Gasteiger partial charge on any atom is 0.122 e. The molecule has 19 heavy (non-hydrogen) atoms. The molecule has 1 aromatic carbocycles. The van der Waals surface area contributed by atoms with Crippen LogP contribution in [0.2, 0.25) is 0 Å². The van der Waals surface area contributed by atoms with Gasteiger partial charge in [-0.3, -0.25) is 0 Å². The summed E-state index contributed by atoms with van der Waals surface area (Å²) in [4.78, 5) is 0. The van der Waals surface area contributed by atoms with Crippen LogP contribution in [0.1, 0.15) is 51.5 Å². The fourth-order valence-electron chi connectivity index (χ4n) is 2.47. The quantitative estimate of drug-likeness (QED) is 0.664. The van der Waals surface area contributed by atoms with E-state index in [1.807, 2.05) is 6.07 Å². The Kier molecular flexibility index (Phi) is 5.28. The van der Waals surface area contributed by atoms with Crippen molar-refractivity contribution in [2.24, 2.45) is 0 Å². The number of epoxide rings is 1. The second kappa shape index (κ2) is 6.76. The first-order valence-electron chi connectivity index (χ1n) is 7.23. The Morgan fingerprint density at radius 3 is 2.74 bits per heavy atom. The summed E-state index contributed by atoms with van der Waals surface area (Å²) in [7, 11) is 0. The maximum atomic E-state index is 5.86. The van der Waals surface area contributed by atoms with Crippen LogP contribution in [-0.4, -0.2) is 18.8 Å². The van der Waals surface area contributed by atoms with Crippen LogP contribution in [0.3, 0.4) is 0 Å². The summed E-state index contributed by atoms with van der Waals surface area (Å²) in [5.41, 5.74) is 1.29. The van der Waals surface area contributed by atoms with Crippen molar-refractivity contribution < 1.29 is 9.47 Å². The molecular formula is C16H23BrO2. The first-order valence-corrected chi connectivity index (χ1v) is 8.02. The highest BCUT2D eigenvalue weighted by Gasteiger charge is 2.38. The highest BCUT2D eigenvalue weighted by molar-refractivity contribution is 9.10. The number of halogens is 1. The molecule has 0 saturated carbocycles. The molecule has 0 aliphatic carbocycles. The molecule has 0 bridgehead atoms. The third-order valence-electron chi connectivity index (χ3n) is 3.64. The zero-order valence-corrected chi connectivity index (χ0v) is 13.6. The van der Waals surface area contributed by atoms with Gasteiger partial charge >= 0.3 is 0 Å². The molecule has 1 aromatic rings. The predicted molar refractivity (Wildman–Crippen MR) is 81.9 cm³/mol. The monoisotopic (exact) mass is 326 g/mol. The van der Waals surface area contributed by atoms with Crippen LogP contribution in [-0.2, 0) is 4.74 Å². The summed E-state index contributed by atoms with van der Waals surface area (Å²) in [5, 5.41) is 0. The van der Waals surface area contributed by atoms with E-state index < -0.39 is 0 Å². The third kappa shape index (κ3) is 3.96. The van der Waals surface area contributed by atoms with Crippen molar-refractivity contribution in [1.29, 1.82) is 0 Å². The van der Waals surface area contributed by atoms with Crippen LogP contribution >= 0.6 is 15.9 Å². The minimum atomic E-state index is 0.443. The predicted octanol–water partition coefficient (Wildman–Crippen LogP) is 4.91. The molecule has 3 unspecified atom stereocenters. The summed E-state index contributed by atoms with van der Waals surface area (Å²) in [5.74, 6) is 1.48. The lowest BCUT2D eigenvalue weighted by Gasteiger charge is -2.16. The molecule has 1 fully saturated rings. The van der Waals surface area contributed by atoms with Gasteiger partial charge in [0.05, 0.1) is 18.8 Å². The lowest BCUT2D eigenvalue weighted by molar-refractivity contribution is 0.309. The first-order chi connectivity index (χ1) is 9.15. The number of benzene rings is 1. The van der Waals surface area contributed by atoms with Gasteiger partial charge < -0.3 is 9.47 Å². The van der Waals surface area contributed by atoms with Gasteiger partial charge in [0.2, 0.25) is 0 Å². The van der Waals surface area contributed by atoms with Crippen LogP contribution < -0.4 is 4.74 Å². The Morgan fingerprint density at radius 1 is 1.32 bits per heavy atom. The van der Waals surface area contributed by atoms with Gasteiger partial charge in [-0.2, -0.15) is 0 Å². The van der Waals surface area contributed by atoms with Gasteiger partial charge in [-0.15, -0.1) is 0 Å². The van der Waals surface area contributed by atoms with Crippen molar-refractivity contribution in [1.82, 2.24) is 0 Å². The van der Waals surface area contributed by atoms with E-state index in [9.17, 15) is 0 Å². The average molecular weight is 327 g/mol. The molecule has 2 nitrogen and oxygen atoms in total. The smallest absolute Gasteiger partial charge is 0.122 e. The van der Waals surface area contributed by atoms with Crippen molar-refractivity contribution in [2.75, 3.05) is 6.61 Å². The van der Waals surface area contributed by atoms with Crippen molar-refractivity contribution in [3.8, 4) is 5.75 Å². The van der Waals surface area contributed by atoms with E-state index in [2.05, 4.69) is 48.8 Å². The zero-order valence-electron chi connectivity index (χ0n) is 12.0. The molecule has 0 aromatic heterocycles. The molecule has 1 aliphatic rings. The largest absolute Gasteiger partial charge is 0.493 e. The summed E-state index contributed by atoms with van der Waals surface area (Å²) in [6.07, 6.45) is 4.16. The van der Waals surface area contributed by atoms with Gasteiger partial charge in [0.25, 0.3) is 0 Å². The minimum absolute atomic E-state index is 0.443. The van der Waals surface area contributed by atoms with Crippen molar-refractivity contribution in [3.05, 3.63) is 28.2 Å². The lowest BCUT2D eigenvalue weighted by Crippen LogP contribution is -2.05. The Bertz CT molecular complexity index is 419. The van der Waals surface area contributed by atoms with Crippen LogP contribution in [0, 0.1) is 0 Å². The Morgan fingerprint density at radius 2 is 2.11 bits per heavy atom. The number of ether oxygens (including phenoxy) is 2. The van der Waals surface area contributed by atoms with Crippen LogP contribution in [0.15, 0.2) is 22.7 Å². The Labute approximate surface area is 124 Å². The first kappa shape index (κ1) is 14.9. The summed E-state index contributed by atoms with van der Waals surface area (Å²) >= 11 is 3.55. The van der Waals surface area contributed by atoms with Crippen LogP contribution in [0.4, 0.5) is 0 Å². The number of rotatable bonds is 7. The molecule has 3 heteroatoms. The van der Waals surface area contributed by atoms with E-state index >= 15 is 0 Å². The molecule has 0 spiro atoms. The van der Waals surface area contributed by atoms with Gasteiger partial charge in [-0.25, -0.2) is 0 Å². The molecule has 0 N–H and O–H groups in total. The molecule has 1 aliphatic heterocycles. The van der Waals surface area contributed by atoms with Gasteiger partial charge in [0.15, 0.2) is 0 Å². The number of hydrogen-bond acceptors (Lipinski definition) is 2. The van der Waals surface area contributed by atoms with Crippen LogP contribution in [0.5, 0.6) is 5.75 Å². The highest BCUT2D eigenvalue weighted by atomic mass is 79.9. The van der Waals surface area contributed by atoms with Gasteiger partial charge in [0, 0.05) is 4.47 Å². The Hall–Kier alpha value is -0.540. The highest BCUT2D eigenvalue weighted by Crippen LogP contribution is 2.38. The third-order valence-corrected chi connectivity index (χ3v) is 4.13. The Balaban J connectivity index is 2.05. The minimum Gasteiger partial charge on any atom is -0.493 e. The van der Waals surface area contributed by atoms with Crippen LogP contribution in [0.25, 0.3) is 0 Å². The molecule has 2 rings (SSSR count). The molecule has 3 atom stereocenters. The van der Waals surface area contributed by atoms with E-state index in [1.54, 1.807) is 0 Å². The van der Waals surface area contributed by atoms with Crippen molar-refractivity contribution >= 4 is 15.9 Å². The van der Waals surface area contributed by atoms with E-state index in [-0.39, 0.29) is 0 Å². The fourth-order valence-corrected chi connectivity index (χ4v) is 2.85. The van der Waals surface area contributed by atoms with Gasteiger partial charge in [-0.1, -0.05) is 36.7 Å². The van der Waals surface area contributed by atoms with E-state index in [0.717, 1.165) is 36.1 Å². The lowest BCUT2D eigenvalue weighted by atomic mass is 9.94. The normalized spacial score (nSPS) is 23.2. The van der Waals surface area contributed by atoms with E-state index in [4.69, 9.17) is 9.47 Å². The molecule has 1 saturated heterocycles. The SMILES string of the molecule is CCCOc1ccc(Br)cc1C(C)CC1OC1CC. The molecule has 0 radical (unpaired) electrons. The second-order valence-electron chi connectivity index (χ2n) is 5.29. The summed E-state index contributed by atoms with van der Waals surface area (Å²) in [6, 6.07) is 6.29. The summed E-state index contributed by atoms with van der Waals surface area (Å²) in [6.45, 7) is 7.35. The molecule has 0 amide bonds. The van der Waals surface area contributed by atoms with E-state index in [0.29, 0.717) is 18.1 Å². The van der Waals surface area contributed by atoms with Crippen molar-refractivity contribution in [2.45, 2.75) is 58.2 Å². The molecule has 106 valence electrons. The van der Waals surface area contributed by atoms with E-state index in [1.165, 1.54) is 5.56 Å². The van der Waals surface area contributed by atoms with Gasteiger partial charge in [0.1, 0.15) is 5.75 Å².